The van der Waals surface area contributed by atoms with Gasteiger partial charge in [-0.3, -0.25) is 10.1 Å². The number of ether oxygens (including phenoxy) is 1. The second-order valence-corrected chi connectivity index (χ2v) is 3.56. The number of benzene rings is 1. The van der Waals surface area contributed by atoms with E-state index in [0.717, 1.165) is 5.56 Å². The molecule has 6 nitrogen and oxygen atoms in total. The van der Waals surface area contributed by atoms with Gasteiger partial charge < -0.3 is 16.2 Å². The molecular formula is C11H15N3O3. The Bertz CT molecular complexity index is 401. The van der Waals surface area contributed by atoms with Gasteiger partial charge in [0.1, 0.15) is 5.75 Å². The fraction of sp³-hybridized carbons (Fsp3) is 0.273. The van der Waals surface area contributed by atoms with E-state index in [1.807, 2.05) is 24.4 Å². The highest BCUT2D eigenvalue weighted by molar-refractivity contribution is 5.94. The highest BCUT2D eigenvalue weighted by Gasteiger charge is 2.05. The van der Waals surface area contributed by atoms with E-state index in [0.29, 0.717) is 5.75 Å². The van der Waals surface area contributed by atoms with Crippen molar-refractivity contribution in [3.63, 3.8) is 0 Å². The minimum atomic E-state index is -0.897. The number of urea groups is 1. The van der Waals surface area contributed by atoms with Gasteiger partial charge in [-0.05, 0) is 24.6 Å². The number of nitrogens with two attached hydrogens (primary N) is 2. The van der Waals surface area contributed by atoms with E-state index >= 15 is 0 Å². The molecule has 0 saturated carbocycles. The zero-order chi connectivity index (χ0) is 12.8. The predicted molar refractivity (Wildman–Crippen MR) is 62.3 cm³/mol. The Labute approximate surface area is 98.9 Å². The molecule has 0 spiro atoms. The third-order valence-corrected chi connectivity index (χ3v) is 2.04. The molecule has 0 radical (unpaired) electrons. The number of nitrogens with one attached hydrogen (secondary N) is 1. The summed E-state index contributed by atoms with van der Waals surface area (Å²) in [6, 6.07) is 6.08. The molecule has 5 N–H and O–H groups in total. The number of hydrogen-bond acceptors (Lipinski definition) is 4. The van der Waals surface area contributed by atoms with Gasteiger partial charge in [0, 0.05) is 6.04 Å². The van der Waals surface area contributed by atoms with Crippen LogP contribution in [0.2, 0.25) is 0 Å². The van der Waals surface area contributed by atoms with E-state index in [2.05, 4.69) is 0 Å². The third kappa shape index (κ3) is 4.52. The maximum atomic E-state index is 11.0. The average molecular weight is 237 g/mol. The Hall–Kier alpha value is -2.08. The lowest BCUT2D eigenvalue weighted by Crippen LogP contribution is -2.38. The number of carbonyl (C=O) groups is 2. The first-order valence-corrected chi connectivity index (χ1v) is 5.06. The van der Waals surface area contributed by atoms with Gasteiger partial charge >= 0.3 is 6.03 Å². The zero-order valence-corrected chi connectivity index (χ0v) is 9.47. The van der Waals surface area contributed by atoms with Crippen LogP contribution in [0.4, 0.5) is 4.79 Å². The summed E-state index contributed by atoms with van der Waals surface area (Å²) in [6.07, 6.45) is 0. The highest BCUT2D eigenvalue weighted by Crippen LogP contribution is 2.15. The number of hydrogen-bond donors (Lipinski definition) is 3. The molecule has 3 amide bonds. The maximum Gasteiger partial charge on any atom is 0.318 e. The average Bonchev–Trinajstić information content (AvgIpc) is 2.26. The number of imide groups is 1. The van der Waals surface area contributed by atoms with Crippen LogP contribution in [-0.4, -0.2) is 18.5 Å². The first kappa shape index (κ1) is 13.0. The smallest absolute Gasteiger partial charge is 0.318 e. The van der Waals surface area contributed by atoms with Crippen molar-refractivity contribution in [2.75, 3.05) is 6.61 Å². The van der Waals surface area contributed by atoms with Crippen molar-refractivity contribution in [2.24, 2.45) is 11.5 Å². The van der Waals surface area contributed by atoms with Crippen LogP contribution in [0.3, 0.4) is 0 Å². The molecule has 0 bridgehead atoms. The van der Waals surface area contributed by atoms with Crippen LogP contribution in [0, 0.1) is 0 Å². The van der Waals surface area contributed by atoms with E-state index in [1.165, 1.54) is 0 Å². The van der Waals surface area contributed by atoms with Crippen molar-refractivity contribution in [2.45, 2.75) is 13.0 Å². The Balaban J connectivity index is 2.47. The van der Waals surface area contributed by atoms with Gasteiger partial charge in [-0.2, -0.15) is 0 Å². The lowest BCUT2D eigenvalue weighted by Gasteiger charge is -2.08. The van der Waals surface area contributed by atoms with E-state index in [1.54, 1.807) is 12.1 Å². The lowest BCUT2D eigenvalue weighted by atomic mass is 10.1. The fourth-order valence-electron chi connectivity index (χ4n) is 1.19. The van der Waals surface area contributed by atoms with Gasteiger partial charge in [0.15, 0.2) is 6.61 Å². The minimum absolute atomic E-state index is 0.0535. The van der Waals surface area contributed by atoms with Crippen LogP contribution in [0.5, 0.6) is 5.75 Å². The first-order chi connectivity index (χ1) is 7.99. The summed E-state index contributed by atoms with van der Waals surface area (Å²) in [5.41, 5.74) is 11.4. The SMILES string of the molecule is CC(N)c1ccc(OCC(=O)NC(N)=O)cc1. The molecule has 0 aliphatic rings. The van der Waals surface area contributed by atoms with E-state index in [9.17, 15) is 9.59 Å². The summed E-state index contributed by atoms with van der Waals surface area (Å²) in [4.78, 5) is 21.4. The van der Waals surface area contributed by atoms with Gasteiger partial charge in [-0.1, -0.05) is 12.1 Å². The number of amides is 3. The number of carbonyl (C=O) groups excluding carboxylic acids is 2. The predicted octanol–water partition coefficient (Wildman–Crippen LogP) is 0.280. The summed E-state index contributed by atoms with van der Waals surface area (Å²) in [5.74, 6) is -0.0669. The van der Waals surface area contributed by atoms with Crippen molar-refractivity contribution in [3.05, 3.63) is 29.8 Å². The topological polar surface area (TPSA) is 107 Å². The van der Waals surface area contributed by atoms with Crippen LogP contribution in [0.1, 0.15) is 18.5 Å². The summed E-state index contributed by atoms with van der Waals surface area (Å²) < 4.78 is 5.14. The van der Waals surface area contributed by atoms with Gasteiger partial charge in [0.2, 0.25) is 0 Å². The van der Waals surface area contributed by atoms with Gasteiger partial charge in [-0.15, -0.1) is 0 Å². The van der Waals surface area contributed by atoms with Gasteiger partial charge in [-0.25, -0.2) is 4.79 Å². The van der Waals surface area contributed by atoms with Crippen LogP contribution < -0.4 is 21.5 Å². The number of primary amides is 1. The zero-order valence-electron chi connectivity index (χ0n) is 9.47. The molecule has 92 valence electrons. The summed E-state index contributed by atoms with van der Waals surface area (Å²) >= 11 is 0. The molecule has 1 atom stereocenters. The van der Waals surface area contributed by atoms with Crippen LogP contribution >= 0.6 is 0 Å². The molecule has 0 heterocycles. The van der Waals surface area contributed by atoms with Gasteiger partial charge in [0.25, 0.3) is 5.91 Å². The molecule has 0 aliphatic carbocycles. The molecule has 6 heteroatoms. The van der Waals surface area contributed by atoms with Crippen molar-refractivity contribution in [1.29, 1.82) is 0 Å². The highest BCUT2D eigenvalue weighted by atomic mass is 16.5. The molecule has 0 fully saturated rings. The molecular weight excluding hydrogens is 222 g/mol. The van der Waals surface area contributed by atoms with Crippen molar-refractivity contribution in [1.82, 2.24) is 5.32 Å². The van der Waals surface area contributed by atoms with Crippen molar-refractivity contribution < 1.29 is 14.3 Å². The molecule has 17 heavy (non-hydrogen) atoms. The van der Waals surface area contributed by atoms with Gasteiger partial charge in [0.05, 0.1) is 0 Å². The standard InChI is InChI=1S/C11H15N3O3/c1-7(12)8-2-4-9(5-3-8)17-6-10(15)14-11(13)16/h2-5,7H,6,12H2,1H3,(H3,13,14,15,16). The summed E-state index contributed by atoms with van der Waals surface area (Å²) in [7, 11) is 0. The molecule has 0 aromatic heterocycles. The summed E-state index contributed by atoms with van der Waals surface area (Å²) in [6.45, 7) is 1.61. The normalized spacial score (nSPS) is 11.6. The second kappa shape index (κ2) is 5.86. The van der Waals surface area contributed by atoms with Crippen LogP contribution in [0.25, 0.3) is 0 Å². The molecule has 1 unspecified atom stereocenters. The van der Waals surface area contributed by atoms with E-state index < -0.39 is 11.9 Å². The summed E-state index contributed by atoms with van der Waals surface area (Å²) in [5, 5.41) is 1.90. The van der Waals surface area contributed by atoms with Crippen molar-refractivity contribution in [3.8, 4) is 5.75 Å². The molecule has 1 aromatic carbocycles. The van der Waals surface area contributed by atoms with E-state index in [-0.39, 0.29) is 12.6 Å². The van der Waals surface area contributed by atoms with Crippen LogP contribution in [-0.2, 0) is 4.79 Å². The first-order valence-electron chi connectivity index (χ1n) is 5.06. The Morgan fingerprint density at radius 1 is 1.35 bits per heavy atom. The minimum Gasteiger partial charge on any atom is -0.484 e. The quantitative estimate of drug-likeness (QED) is 0.699. The second-order valence-electron chi connectivity index (χ2n) is 3.56. The molecule has 1 rings (SSSR count). The Kier molecular flexibility index (Phi) is 4.47. The van der Waals surface area contributed by atoms with Crippen molar-refractivity contribution >= 4 is 11.9 Å². The van der Waals surface area contributed by atoms with Crippen LogP contribution in [0.15, 0.2) is 24.3 Å². The Morgan fingerprint density at radius 2 is 1.94 bits per heavy atom. The third-order valence-electron chi connectivity index (χ3n) is 2.04. The van der Waals surface area contributed by atoms with E-state index in [4.69, 9.17) is 16.2 Å². The largest absolute Gasteiger partial charge is 0.484 e. The lowest BCUT2D eigenvalue weighted by molar-refractivity contribution is -0.121. The molecule has 0 saturated heterocycles. The monoisotopic (exact) mass is 237 g/mol. The molecule has 0 aliphatic heterocycles. The maximum absolute atomic E-state index is 11.0. The number of rotatable bonds is 4. The molecule has 1 aromatic rings. The Morgan fingerprint density at radius 3 is 2.41 bits per heavy atom. The fourth-order valence-corrected chi connectivity index (χ4v) is 1.19.